The third-order valence-electron chi connectivity index (χ3n) is 3.97. The van der Waals surface area contributed by atoms with Crippen molar-refractivity contribution in [3.8, 4) is 0 Å². The van der Waals surface area contributed by atoms with Crippen LogP contribution in [0.4, 0.5) is 13.2 Å². The number of hydrogen-bond acceptors (Lipinski definition) is 2. The Morgan fingerprint density at radius 1 is 1.38 bits per heavy atom. The molecule has 1 fully saturated rings. The van der Waals surface area contributed by atoms with Crippen LogP contribution in [0.1, 0.15) is 35.7 Å². The van der Waals surface area contributed by atoms with Gasteiger partial charge in [0.1, 0.15) is 0 Å². The van der Waals surface area contributed by atoms with Crippen molar-refractivity contribution in [2.45, 2.75) is 32.0 Å². The number of benzene rings is 1. The van der Waals surface area contributed by atoms with Crippen molar-refractivity contribution in [2.24, 2.45) is 11.7 Å². The summed E-state index contributed by atoms with van der Waals surface area (Å²) in [5.74, 6) is -0.147. The Bertz CT molecular complexity index is 516. The Morgan fingerprint density at radius 3 is 2.67 bits per heavy atom. The number of likely N-dealkylation sites (tertiary alicyclic amines) is 1. The Labute approximate surface area is 121 Å². The zero-order valence-electron chi connectivity index (χ0n) is 11.9. The molecule has 1 amide bonds. The molecule has 1 heterocycles. The lowest BCUT2D eigenvalue weighted by atomic mass is 9.91. The predicted molar refractivity (Wildman–Crippen MR) is 73.7 cm³/mol. The standard InChI is InChI=1S/C15H19F3N2O/c1-10-6-7-20(11(8-10)9-19)14(21)12-4-2-3-5-13(12)15(16,17)18/h2-5,10-11H,6-9,19H2,1H3. The van der Waals surface area contributed by atoms with Crippen LogP contribution in [0.15, 0.2) is 24.3 Å². The first-order valence-electron chi connectivity index (χ1n) is 7.02. The van der Waals surface area contributed by atoms with Crippen molar-refractivity contribution in [1.82, 2.24) is 4.90 Å². The number of nitrogens with zero attached hydrogens (tertiary/aromatic N) is 1. The predicted octanol–water partition coefficient (Wildman–Crippen LogP) is 2.90. The third kappa shape index (κ3) is 3.37. The van der Waals surface area contributed by atoms with E-state index in [-0.39, 0.29) is 18.2 Å². The molecule has 116 valence electrons. The van der Waals surface area contributed by atoms with Crippen molar-refractivity contribution < 1.29 is 18.0 Å². The van der Waals surface area contributed by atoms with Gasteiger partial charge in [-0.2, -0.15) is 13.2 Å². The van der Waals surface area contributed by atoms with Gasteiger partial charge in [0.05, 0.1) is 11.1 Å². The average Bonchev–Trinajstić information content (AvgIpc) is 2.45. The molecule has 2 atom stereocenters. The summed E-state index contributed by atoms with van der Waals surface area (Å²) in [6.07, 6.45) is -3.01. The molecule has 2 unspecified atom stereocenters. The normalized spacial score (nSPS) is 23.2. The molecule has 0 spiro atoms. The van der Waals surface area contributed by atoms with E-state index in [0.29, 0.717) is 12.5 Å². The summed E-state index contributed by atoms with van der Waals surface area (Å²) in [5, 5.41) is 0. The second-order valence-electron chi connectivity index (χ2n) is 5.56. The number of rotatable bonds is 2. The van der Waals surface area contributed by atoms with Gasteiger partial charge in [-0.15, -0.1) is 0 Å². The van der Waals surface area contributed by atoms with Gasteiger partial charge < -0.3 is 10.6 Å². The smallest absolute Gasteiger partial charge is 0.334 e. The molecular formula is C15H19F3N2O. The zero-order chi connectivity index (χ0) is 15.6. The van der Waals surface area contributed by atoms with Gasteiger partial charge in [0.25, 0.3) is 5.91 Å². The van der Waals surface area contributed by atoms with Gasteiger partial charge in [0.2, 0.25) is 0 Å². The summed E-state index contributed by atoms with van der Waals surface area (Å²) in [6, 6.07) is 4.72. The van der Waals surface area contributed by atoms with E-state index in [2.05, 4.69) is 6.92 Å². The number of hydrogen-bond donors (Lipinski definition) is 1. The average molecular weight is 300 g/mol. The van der Waals surface area contributed by atoms with Gasteiger partial charge in [-0.25, -0.2) is 0 Å². The van der Waals surface area contributed by atoms with Crippen LogP contribution in [0.25, 0.3) is 0 Å². The lowest BCUT2D eigenvalue weighted by Crippen LogP contribution is -2.49. The van der Waals surface area contributed by atoms with Crippen molar-refractivity contribution in [1.29, 1.82) is 0 Å². The number of alkyl halides is 3. The second kappa shape index (κ2) is 6.05. The van der Waals surface area contributed by atoms with Gasteiger partial charge in [-0.1, -0.05) is 19.1 Å². The lowest BCUT2D eigenvalue weighted by molar-refractivity contribution is -0.138. The summed E-state index contributed by atoms with van der Waals surface area (Å²) in [6.45, 7) is 2.78. The highest BCUT2D eigenvalue weighted by molar-refractivity contribution is 5.96. The maximum Gasteiger partial charge on any atom is 0.417 e. The highest BCUT2D eigenvalue weighted by Crippen LogP contribution is 2.33. The van der Waals surface area contributed by atoms with Gasteiger partial charge in [-0.05, 0) is 30.9 Å². The molecule has 1 aliphatic rings. The number of carbonyl (C=O) groups excluding carboxylic acids is 1. The molecule has 3 nitrogen and oxygen atoms in total. The molecule has 1 aromatic rings. The minimum Gasteiger partial charge on any atom is -0.334 e. The topological polar surface area (TPSA) is 46.3 Å². The Hall–Kier alpha value is -1.56. The van der Waals surface area contributed by atoms with Crippen LogP contribution >= 0.6 is 0 Å². The number of carbonyl (C=O) groups is 1. The first-order valence-corrected chi connectivity index (χ1v) is 7.02. The first kappa shape index (κ1) is 15.8. The van der Waals surface area contributed by atoms with E-state index >= 15 is 0 Å². The monoisotopic (exact) mass is 300 g/mol. The molecule has 1 saturated heterocycles. The van der Waals surface area contributed by atoms with E-state index < -0.39 is 17.6 Å². The van der Waals surface area contributed by atoms with Gasteiger partial charge >= 0.3 is 6.18 Å². The summed E-state index contributed by atoms with van der Waals surface area (Å²) >= 11 is 0. The quantitative estimate of drug-likeness (QED) is 0.913. The van der Waals surface area contributed by atoms with Crippen LogP contribution in [-0.4, -0.2) is 29.9 Å². The van der Waals surface area contributed by atoms with Crippen LogP contribution in [0, 0.1) is 5.92 Å². The lowest BCUT2D eigenvalue weighted by Gasteiger charge is -2.38. The molecule has 1 aromatic carbocycles. The minimum atomic E-state index is -4.53. The zero-order valence-corrected chi connectivity index (χ0v) is 11.9. The van der Waals surface area contributed by atoms with Crippen LogP contribution in [0.3, 0.4) is 0 Å². The fourth-order valence-electron chi connectivity index (χ4n) is 2.81. The molecule has 0 aliphatic carbocycles. The number of piperidine rings is 1. The Morgan fingerprint density at radius 2 is 2.05 bits per heavy atom. The summed E-state index contributed by atoms with van der Waals surface area (Å²) < 4.78 is 39.1. The molecule has 21 heavy (non-hydrogen) atoms. The maximum absolute atomic E-state index is 13.0. The Kier molecular flexibility index (Phi) is 4.56. The number of nitrogens with two attached hydrogens (primary N) is 1. The van der Waals surface area contributed by atoms with Crippen LogP contribution in [-0.2, 0) is 6.18 Å². The van der Waals surface area contributed by atoms with Crippen molar-refractivity contribution in [3.63, 3.8) is 0 Å². The largest absolute Gasteiger partial charge is 0.417 e. The number of halogens is 3. The third-order valence-corrected chi connectivity index (χ3v) is 3.97. The van der Waals surface area contributed by atoms with E-state index in [1.165, 1.54) is 23.1 Å². The van der Waals surface area contributed by atoms with E-state index in [4.69, 9.17) is 5.73 Å². The van der Waals surface area contributed by atoms with Crippen LogP contribution in [0.2, 0.25) is 0 Å². The molecule has 0 aromatic heterocycles. The summed E-state index contributed by atoms with van der Waals surface area (Å²) in [4.78, 5) is 14.0. The molecule has 2 rings (SSSR count). The summed E-state index contributed by atoms with van der Waals surface area (Å²) in [5.41, 5.74) is 4.50. The molecule has 2 N–H and O–H groups in total. The molecular weight excluding hydrogens is 281 g/mol. The highest BCUT2D eigenvalue weighted by Gasteiger charge is 2.37. The van der Waals surface area contributed by atoms with Crippen molar-refractivity contribution in [2.75, 3.05) is 13.1 Å². The number of amides is 1. The van der Waals surface area contributed by atoms with Crippen molar-refractivity contribution in [3.05, 3.63) is 35.4 Å². The Balaban J connectivity index is 2.32. The molecule has 0 radical (unpaired) electrons. The molecule has 0 bridgehead atoms. The van der Waals surface area contributed by atoms with Crippen molar-refractivity contribution >= 4 is 5.91 Å². The summed E-state index contributed by atoms with van der Waals surface area (Å²) in [7, 11) is 0. The van der Waals surface area contributed by atoms with Gasteiger partial charge in [0.15, 0.2) is 0 Å². The maximum atomic E-state index is 13.0. The fourth-order valence-corrected chi connectivity index (χ4v) is 2.81. The van der Waals surface area contributed by atoms with Crippen LogP contribution in [0.5, 0.6) is 0 Å². The van der Waals surface area contributed by atoms with E-state index in [1.807, 2.05) is 0 Å². The van der Waals surface area contributed by atoms with Gasteiger partial charge in [-0.3, -0.25) is 4.79 Å². The molecule has 6 heteroatoms. The fraction of sp³-hybridized carbons (Fsp3) is 0.533. The van der Waals surface area contributed by atoms with Gasteiger partial charge in [0, 0.05) is 19.1 Å². The molecule has 0 saturated carbocycles. The van der Waals surface area contributed by atoms with E-state index in [0.717, 1.165) is 18.9 Å². The SMILES string of the molecule is CC1CCN(C(=O)c2ccccc2C(F)(F)F)C(CN)C1. The second-order valence-corrected chi connectivity index (χ2v) is 5.56. The first-order chi connectivity index (χ1) is 9.84. The van der Waals surface area contributed by atoms with E-state index in [1.54, 1.807) is 0 Å². The highest BCUT2D eigenvalue weighted by atomic mass is 19.4. The molecule has 1 aliphatic heterocycles. The van der Waals surface area contributed by atoms with E-state index in [9.17, 15) is 18.0 Å². The minimum absolute atomic E-state index is 0.192. The van der Waals surface area contributed by atoms with Crippen LogP contribution < -0.4 is 5.73 Å².